The largest absolute Gasteiger partial charge is 0.399 e. The van der Waals surface area contributed by atoms with Crippen molar-refractivity contribution in [2.24, 2.45) is 0 Å². The highest BCUT2D eigenvalue weighted by atomic mass is 79.9. The van der Waals surface area contributed by atoms with Gasteiger partial charge in [0, 0.05) is 15.1 Å². The molecule has 0 heterocycles. The van der Waals surface area contributed by atoms with Crippen LogP contribution >= 0.6 is 27.7 Å². The Morgan fingerprint density at radius 3 is 2.56 bits per heavy atom. The summed E-state index contributed by atoms with van der Waals surface area (Å²) in [6, 6.07) is 16.6. The molecular formula is C15H16BrNS. The molecule has 1 nitrogen and oxygen atoms in total. The third kappa shape index (κ3) is 4.39. The summed E-state index contributed by atoms with van der Waals surface area (Å²) in [5, 5.41) is 0. The maximum atomic E-state index is 5.76. The standard InChI is InChI=1S/C15H16BrNS/c16-13-6-8-15(9-7-13)18-10-2-4-12-3-1-5-14(17)11-12/h1,3,5-9,11H,2,4,10,17H2. The molecule has 18 heavy (non-hydrogen) atoms. The zero-order valence-corrected chi connectivity index (χ0v) is 12.5. The SMILES string of the molecule is Nc1cccc(CCCSc2ccc(Br)cc2)c1. The van der Waals surface area contributed by atoms with Crippen molar-refractivity contribution in [3.05, 3.63) is 58.6 Å². The summed E-state index contributed by atoms with van der Waals surface area (Å²) in [5.41, 5.74) is 7.94. The first kappa shape index (κ1) is 13.5. The van der Waals surface area contributed by atoms with Crippen LogP contribution in [0.2, 0.25) is 0 Å². The lowest BCUT2D eigenvalue weighted by Crippen LogP contribution is -1.90. The average Bonchev–Trinajstić information content (AvgIpc) is 2.37. The van der Waals surface area contributed by atoms with Crippen LogP contribution < -0.4 is 5.73 Å². The maximum absolute atomic E-state index is 5.76. The molecule has 0 fully saturated rings. The summed E-state index contributed by atoms with van der Waals surface area (Å²) in [6.07, 6.45) is 2.26. The van der Waals surface area contributed by atoms with Crippen molar-refractivity contribution < 1.29 is 0 Å². The van der Waals surface area contributed by atoms with Crippen LogP contribution in [0.4, 0.5) is 5.69 Å². The Bertz CT molecular complexity index is 496. The second kappa shape index (κ2) is 6.86. The van der Waals surface area contributed by atoms with Gasteiger partial charge < -0.3 is 5.73 Å². The molecule has 0 atom stereocenters. The zero-order chi connectivity index (χ0) is 12.8. The minimum absolute atomic E-state index is 0.855. The molecule has 94 valence electrons. The van der Waals surface area contributed by atoms with E-state index in [1.165, 1.54) is 16.9 Å². The van der Waals surface area contributed by atoms with Crippen molar-refractivity contribution >= 4 is 33.4 Å². The summed E-state index contributed by atoms with van der Waals surface area (Å²) >= 11 is 5.34. The lowest BCUT2D eigenvalue weighted by atomic mass is 10.1. The number of thioether (sulfide) groups is 1. The highest BCUT2D eigenvalue weighted by molar-refractivity contribution is 9.10. The predicted molar refractivity (Wildman–Crippen MR) is 84.0 cm³/mol. The monoisotopic (exact) mass is 321 g/mol. The highest BCUT2D eigenvalue weighted by Crippen LogP contribution is 2.22. The second-order valence-corrected chi connectivity index (χ2v) is 6.23. The molecule has 0 aliphatic heterocycles. The molecule has 2 N–H and O–H groups in total. The Labute approximate surface area is 121 Å². The van der Waals surface area contributed by atoms with Gasteiger partial charge in [0.05, 0.1) is 0 Å². The number of anilines is 1. The van der Waals surface area contributed by atoms with Gasteiger partial charge in [0.25, 0.3) is 0 Å². The van der Waals surface area contributed by atoms with Crippen LogP contribution in [0.1, 0.15) is 12.0 Å². The van der Waals surface area contributed by atoms with Crippen molar-refractivity contribution in [2.75, 3.05) is 11.5 Å². The van der Waals surface area contributed by atoms with Gasteiger partial charge in [-0.15, -0.1) is 11.8 Å². The van der Waals surface area contributed by atoms with E-state index in [4.69, 9.17) is 5.73 Å². The number of nitrogens with two attached hydrogens (primary N) is 1. The Morgan fingerprint density at radius 2 is 1.83 bits per heavy atom. The minimum Gasteiger partial charge on any atom is -0.399 e. The van der Waals surface area contributed by atoms with Crippen LogP contribution in [0.15, 0.2) is 57.9 Å². The molecule has 0 amide bonds. The Kier molecular flexibility index (Phi) is 5.14. The van der Waals surface area contributed by atoms with E-state index in [2.05, 4.69) is 52.3 Å². The summed E-state index contributed by atoms with van der Waals surface area (Å²) < 4.78 is 1.13. The lowest BCUT2D eigenvalue weighted by Gasteiger charge is -2.03. The van der Waals surface area contributed by atoms with Gasteiger partial charge in [-0.25, -0.2) is 0 Å². The first-order valence-electron chi connectivity index (χ1n) is 5.97. The molecule has 0 radical (unpaired) electrons. The Balaban J connectivity index is 1.74. The fraction of sp³-hybridized carbons (Fsp3) is 0.200. The van der Waals surface area contributed by atoms with Crippen molar-refractivity contribution in [3.63, 3.8) is 0 Å². The maximum Gasteiger partial charge on any atom is 0.0316 e. The van der Waals surface area contributed by atoms with Gasteiger partial charge in [-0.05, 0) is 60.6 Å². The summed E-state index contributed by atoms with van der Waals surface area (Å²) in [5.74, 6) is 1.14. The molecule has 0 saturated carbocycles. The molecule has 0 bridgehead atoms. The van der Waals surface area contributed by atoms with Crippen molar-refractivity contribution in [3.8, 4) is 0 Å². The summed E-state index contributed by atoms with van der Waals surface area (Å²) in [4.78, 5) is 1.32. The number of benzene rings is 2. The summed E-state index contributed by atoms with van der Waals surface area (Å²) in [7, 11) is 0. The molecule has 0 unspecified atom stereocenters. The molecule has 0 saturated heterocycles. The van der Waals surface area contributed by atoms with E-state index >= 15 is 0 Å². The van der Waals surface area contributed by atoms with Crippen LogP contribution in [0.5, 0.6) is 0 Å². The molecule has 0 aromatic heterocycles. The summed E-state index contributed by atoms with van der Waals surface area (Å²) in [6.45, 7) is 0. The van der Waals surface area contributed by atoms with Gasteiger partial charge in [0.15, 0.2) is 0 Å². The van der Waals surface area contributed by atoms with Crippen LogP contribution in [0, 0.1) is 0 Å². The van der Waals surface area contributed by atoms with Crippen molar-refractivity contribution in [1.82, 2.24) is 0 Å². The van der Waals surface area contributed by atoms with E-state index in [0.717, 1.165) is 22.3 Å². The third-order valence-corrected chi connectivity index (χ3v) is 4.27. The number of halogens is 1. The normalized spacial score (nSPS) is 10.5. The fourth-order valence-electron chi connectivity index (χ4n) is 1.75. The average molecular weight is 322 g/mol. The number of hydrogen-bond donors (Lipinski definition) is 1. The van der Waals surface area contributed by atoms with Gasteiger partial charge >= 0.3 is 0 Å². The molecule has 2 aromatic rings. The van der Waals surface area contributed by atoms with Gasteiger partial charge in [0.1, 0.15) is 0 Å². The molecule has 2 aromatic carbocycles. The van der Waals surface area contributed by atoms with Gasteiger partial charge in [-0.1, -0.05) is 28.1 Å². The first-order chi connectivity index (χ1) is 8.74. The van der Waals surface area contributed by atoms with Crippen LogP contribution in [0.3, 0.4) is 0 Å². The molecular weight excluding hydrogens is 306 g/mol. The Morgan fingerprint density at radius 1 is 1.06 bits per heavy atom. The topological polar surface area (TPSA) is 26.0 Å². The van der Waals surface area contributed by atoms with Crippen LogP contribution in [0.25, 0.3) is 0 Å². The first-order valence-corrected chi connectivity index (χ1v) is 7.75. The lowest BCUT2D eigenvalue weighted by molar-refractivity contribution is 0.933. The number of rotatable bonds is 5. The van der Waals surface area contributed by atoms with E-state index in [0.29, 0.717) is 0 Å². The third-order valence-electron chi connectivity index (χ3n) is 2.64. The van der Waals surface area contributed by atoms with Gasteiger partial charge in [-0.2, -0.15) is 0 Å². The molecule has 3 heteroatoms. The van der Waals surface area contributed by atoms with Crippen molar-refractivity contribution in [2.45, 2.75) is 17.7 Å². The molecule has 0 aliphatic rings. The predicted octanol–water partition coefficient (Wildman–Crippen LogP) is 4.76. The zero-order valence-electron chi connectivity index (χ0n) is 10.1. The van der Waals surface area contributed by atoms with Crippen LogP contribution in [-0.2, 0) is 6.42 Å². The fourth-order valence-corrected chi connectivity index (χ4v) is 2.86. The Hall–Kier alpha value is -0.930. The van der Waals surface area contributed by atoms with E-state index in [9.17, 15) is 0 Å². The number of aryl methyl sites for hydroxylation is 1. The van der Waals surface area contributed by atoms with Crippen molar-refractivity contribution in [1.29, 1.82) is 0 Å². The smallest absolute Gasteiger partial charge is 0.0316 e. The number of hydrogen-bond acceptors (Lipinski definition) is 2. The van der Waals surface area contributed by atoms with E-state index in [1.54, 1.807) is 0 Å². The van der Waals surface area contributed by atoms with Gasteiger partial charge in [0.2, 0.25) is 0 Å². The van der Waals surface area contributed by atoms with E-state index in [1.807, 2.05) is 23.9 Å². The highest BCUT2D eigenvalue weighted by Gasteiger charge is 1.97. The minimum atomic E-state index is 0.855. The van der Waals surface area contributed by atoms with E-state index < -0.39 is 0 Å². The van der Waals surface area contributed by atoms with Gasteiger partial charge in [-0.3, -0.25) is 0 Å². The second-order valence-electron chi connectivity index (χ2n) is 4.15. The quantitative estimate of drug-likeness (QED) is 0.488. The van der Waals surface area contributed by atoms with Crippen LogP contribution in [-0.4, -0.2) is 5.75 Å². The molecule has 2 rings (SSSR count). The number of nitrogen functional groups attached to an aromatic ring is 1. The van der Waals surface area contributed by atoms with E-state index in [-0.39, 0.29) is 0 Å². The molecule has 0 aliphatic carbocycles. The molecule has 0 spiro atoms.